The van der Waals surface area contributed by atoms with Crippen molar-refractivity contribution in [3.63, 3.8) is 0 Å². The van der Waals surface area contributed by atoms with Crippen LogP contribution in [0.15, 0.2) is 18.2 Å². The maximum atomic E-state index is 12.4. The summed E-state index contributed by atoms with van der Waals surface area (Å²) in [5, 5.41) is 0. The molecule has 1 aromatic rings. The molecule has 0 unspecified atom stereocenters. The van der Waals surface area contributed by atoms with Crippen LogP contribution < -0.4 is 0 Å². The standard InChI is InChI=1S/C18H23N3O4/c1-11(2)21-17(24)16(23)20(18(21)25)10-15(22)19(5)9-14-7-6-12(3)8-13(14)4/h6-8,11H,9-10H2,1-5H3. The van der Waals surface area contributed by atoms with Gasteiger partial charge in [-0.15, -0.1) is 0 Å². The smallest absolute Gasteiger partial charge is 0.334 e. The van der Waals surface area contributed by atoms with E-state index in [0.717, 1.165) is 21.6 Å². The molecule has 25 heavy (non-hydrogen) atoms. The Morgan fingerprint density at radius 3 is 2.28 bits per heavy atom. The molecule has 1 saturated heterocycles. The lowest BCUT2D eigenvalue weighted by molar-refractivity contribution is -0.145. The minimum atomic E-state index is -0.952. The SMILES string of the molecule is Cc1ccc(CN(C)C(=O)CN2C(=O)C(=O)N(C(C)C)C2=O)c(C)c1. The topological polar surface area (TPSA) is 78.0 Å². The summed E-state index contributed by atoms with van der Waals surface area (Å²) in [5.74, 6) is -2.24. The van der Waals surface area contributed by atoms with Crippen LogP contribution in [0.25, 0.3) is 0 Å². The van der Waals surface area contributed by atoms with E-state index in [4.69, 9.17) is 0 Å². The lowest BCUT2D eigenvalue weighted by Crippen LogP contribution is -2.43. The Morgan fingerprint density at radius 2 is 1.76 bits per heavy atom. The summed E-state index contributed by atoms with van der Waals surface area (Å²) in [5.41, 5.74) is 3.19. The van der Waals surface area contributed by atoms with Crippen molar-refractivity contribution in [2.24, 2.45) is 0 Å². The normalized spacial score (nSPS) is 14.7. The zero-order valence-electron chi connectivity index (χ0n) is 15.2. The maximum Gasteiger partial charge on any atom is 0.334 e. The molecule has 1 aliphatic rings. The molecule has 0 bridgehead atoms. The first-order chi connectivity index (χ1) is 11.6. The Kier molecular flexibility index (Phi) is 5.25. The molecule has 0 spiro atoms. The van der Waals surface area contributed by atoms with Gasteiger partial charge in [-0.1, -0.05) is 23.8 Å². The Morgan fingerprint density at radius 1 is 1.12 bits per heavy atom. The van der Waals surface area contributed by atoms with E-state index < -0.39 is 36.3 Å². The monoisotopic (exact) mass is 345 g/mol. The maximum absolute atomic E-state index is 12.4. The van der Waals surface area contributed by atoms with Crippen molar-refractivity contribution >= 4 is 23.8 Å². The number of benzene rings is 1. The molecule has 7 nitrogen and oxygen atoms in total. The van der Waals surface area contributed by atoms with Crippen molar-refractivity contribution in [3.05, 3.63) is 34.9 Å². The number of rotatable bonds is 5. The highest BCUT2D eigenvalue weighted by atomic mass is 16.2. The second-order valence-electron chi connectivity index (χ2n) is 6.62. The van der Waals surface area contributed by atoms with E-state index in [0.29, 0.717) is 11.4 Å². The van der Waals surface area contributed by atoms with Gasteiger partial charge in [0.05, 0.1) is 0 Å². The Bertz CT molecular complexity index is 742. The summed E-state index contributed by atoms with van der Waals surface area (Å²) in [6.45, 7) is 7.17. The van der Waals surface area contributed by atoms with E-state index in [-0.39, 0.29) is 0 Å². The van der Waals surface area contributed by atoms with Gasteiger partial charge < -0.3 is 4.90 Å². The van der Waals surface area contributed by atoms with Gasteiger partial charge in [0.25, 0.3) is 0 Å². The molecule has 0 aliphatic carbocycles. The summed E-state index contributed by atoms with van der Waals surface area (Å²) < 4.78 is 0. The van der Waals surface area contributed by atoms with Gasteiger partial charge in [0, 0.05) is 19.6 Å². The molecule has 1 aliphatic heterocycles. The quantitative estimate of drug-likeness (QED) is 0.598. The average Bonchev–Trinajstić information content (AvgIpc) is 2.73. The van der Waals surface area contributed by atoms with E-state index in [2.05, 4.69) is 0 Å². The van der Waals surface area contributed by atoms with Gasteiger partial charge in [-0.25, -0.2) is 9.69 Å². The highest BCUT2D eigenvalue weighted by molar-refractivity contribution is 6.45. The van der Waals surface area contributed by atoms with Crippen LogP contribution in [0.5, 0.6) is 0 Å². The summed E-state index contributed by atoms with van der Waals surface area (Å²) in [6, 6.07) is 4.77. The molecule has 2 rings (SSSR count). The molecule has 0 aromatic heterocycles. The minimum absolute atomic E-state index is 0.364. The number of imide groups is 2. The lowest BCUT2D eigenvalue weighted by Gasteiger charge is -2.22. The van der Waals surface area contributed by atoms with Gasteiger partial charge in [0.1, 0.15) is 6.54 Å². The number of amides is 5. The summed E-state index contributed by atoms with van der Waals surface area (Å²) in [4.78, 5) is 51.5. The van der Waals surface area contributed by atoms with E-state index >= 15 is 0 Å². The molecule has 0 atom stereocenters. The van der Waals surface area contributed by atoms with Crippen LogP contribution in [0.3, 0.4) is 0 Å². The van der Waals surface area contributed by atoms with Crippen molar-refractivity contribution in [1.82, 2.24) is 14.7 Å². The van der Waals surface area contributed by atoms with Gasteiger partial charge >= 0.3 is 17.8 Å². The van der Waals surface area contributed by atoms with E-state index in [1.807, 2.05) is 32.0 Å². The predicted octanol–water partition coefficient (Wildman–Crippen LogP) is 1.46. The number of likely N-dealkylation sites (N-methyl/N-ethyl adjacent to an activating group) is 1. The van der Waals surface area contributed by atoms with Crippen LogP contribution in [0.4, 0.5) is 4.79 Å². The molecule has 1 fully saturated rings. The third kappa shape index (κ3) is 3.70. The van der Waals surface area contributed by atoms with E-state index in [1.165, 1.54) is 4.90 Å². The first-order valence-electron chi connectivity index (χ1n) is 8.12. The van der Waals surface area contributed by atoms with Crippen molar-refractivity contribution in [3.8, 4) is 0 Å². The fourth-order valence-corrected chi connectivity index (χ4v) is 2.74. The zero-order chi connectivity index (χ0) is 18.9. The van der Waals surface area contributed by atoms with E-state index in [1.54, 1.807) is 20.9 Å². The van der Waals surface area contributed by atoms with Crippen molar-refractivity contribution in [2.45, 2.75) is 40.3 Å². The van der Waals surface area contributed by atoms with Crippen molar-refractivity contribution < 1.29 is 19.2 Å². The average molecular weight is 345 g/mol. The predicted molar refractivity (Wildman–Crippen MR) is 91.5 cm³/mol. The molecule has 5 amide bonds. The Labute approximate surface area is 147 Å². The van der Waals surface area contributed by atoms with Crippen LogP contribution in [0, 0.1) is 13.8 Å². The Balaban J connectivity index is 2.07. The lowest BCUT2D eigenvalue weighted by atomic mass is 10.1. The van der Waals surface area contributed by atoms with Crippen LogP contribution in [-0.2, 0) is 20.9 Å². The zero-order valence-corrected chi connectivity index (χ0v) is 15.2. The fraction of sp³-hybridized carbons (Fsp3) is 0.444. The Hall–Kier alpha value is -2.70. The summed E-state index contributed by atoms with van der Waals surface area (Å²) >= 11 is 0. The minimum Gasteiger partial charge on any atom is -0.340 e. The number of hydrogen-bond donors (Lipinski definition) is 0. The first-order valence-corrected chi connectivity index (χ1v) is 8.12. The van der Waals surface area contributed by atoms with Crippen LogP contribution in [-0.4, -0.2) is 58.1 Å². The number of urea groups is 1. The molecule has 0 saturated carbocycles. The second-order valence-corrected chi connectivity index (χ2v) is 6.62. The molecule has 1 heterocycles. The molecule has 7 heteroatoms. The van der Waals surface area contributed by atoms with Gasteiger partial charge in [-0.05, 0) is 38.8 Å². The van der Waals surface area contributed by atoms with Gasteiger partial charge in [0.2, 0.25) is 5.91 Å². The van der Waals surface area contributed by atoms with Crippen LogP contribution in [0.1, 0.15) is 30.5 Å². The largest absolute Gasteiger partial charge is 0.340 e. The van der Waals surface area contributed by atoms with Crippen LogP contribution >= 0.6 is 0 Å². The third-order valence-electron chi connectivity index (χ3n) is 4.23. The molecular formula is C18H23N3O4. The van der Waals surface area contributed by atoms with Crippen molar-refractivity contribution in [2.75, 3.05) is 13.6 Å². The number of hydrogen-bond acceptors (Lipinski definition) is 4. The van der Waals surface area contributed by atoms with Crippen LogP contribution in [0.2, 0.25) is 0 Å². The van der Waals surface area contributed by atoms with Gasteiger partial charge in [0.15, 0.2) is 0 Å². The van der Waals surface area contributed by atoms with Gasteiger partial charge in [-0.3, -0.25) is 19.3 Å². The highest BCUT2D eigenvalue weighted by Gasteiger charge is 2.46. The third-order valence-corrected chi connectivity index (χ3v) is 4.23. The first kappa shape index (κ1) is 18.6. The molecule has 1 aromatic carbocycles. The fourth-order valence-electron chi connectivity index (χ4n) is 2.74. The number of carbonyl (C=O) groups excluding carboxylic acids is 4. The molecular weight excluding hydrogens is 322 g/mol. The number of carbonyl (C=O) groups is 4. The number of aryl methyl sites for hydroxylation is 2. The summed E-state index contributed by atoms with van der Waals surface area (Å²) in [7, 11) is 1.61. The molecule has 0 N–H and O–H groups in total. The van der Waals surface area contributed by atoms with Gasteiger partial charge in [-0.2, -0.15) is 0 Å². The molecule has 0 radical (unpaired) electrons. The van der Waals surface area contributed by atoms with Crippen molar-refractivity contribution in [1.29, 1.82) is 0 Å². The number of nitrogens with zero attached hydrogens (tertiary/aromatic N) is 3. The highest BCUT2D eigenvalue weighted by Crippen LogP contribution is 2.16. The van der Waals surface area contributed by atoms with E-state index in [9.17, 15) is 19.2 Å². The second kappa shape index (κ2) is 7.04. The molecule has 134 valence electrons. The summed E-state index contributed by atoms with van der Waals surface area (Å²) in [6.07, 6.45) is 0.